The van der Waals surface area contributed by atoms with Gasteiger partial charge in [0.15, 0.2) is 0 Å². The van der Waals surface area contributed by atoms with E-state index in [1.807, 2.05) is 69.3 Å². The molecule has 0 atom stereocenters. The summed E-state index contributed by atoms with van der Waals surface area (Å²) in [4.78, 5) is 27.5. The number of nitrogens with zero attached hydrogens (tertiary/aromatic N) is 1. The van der Waals surface area contributed by atoms with Crippen molar-refractivity contribution in [2.75, 3.05) is 11.9 Å². The Morgan fingerprint density at radius 3 is 2.28 bits per heavy atom. The van der Waals surface area contributed by atoms with Gasteiger partial charge >= 0.3 is 0 Å². The lowest BCUT2D eigenvalue weighted by molar-refractivity contribution is 0.0752. The monoisotopic (exact) mass is 386 g/mol. The molecule has 3 aromatic carbocycles. The van der Waals surface area contributed by atoms with E-state index in [9.17, 15) is 9.59 Å². The summed E-state index contributed by atoms with van der Waals surface area (Å²) in [5, 5.41) is 2.94. The van der Waals surface area contributed by atoms with Gasteiger partial charge < -0.3 is 10.2 Å². The number of carbonyl (C=O) groups is 2. The molecule has 0 aliphatic carbocycles. The Morgan fingerprint density at radius 1 is 0.862 bits per heavy atom. The summed E-state index contributed by atoms with van der Waals surface area (Å²) in [5.41, 5.74) is 4.97. The van der Waals surface area contributed by atoms with Crippen molar-refractivity contribution in [1.82, 2.24) is 4.90 Å². The molecule has 0 aromatic heterocycles. The molecular formula is C25H26N2O2. The molecular weight excluding hydrogens is 360 g/mol. The highest BCUT2D eigenvalue weighted by Gasteiger charge is 2.17. The molecule has 1 N–H and O–H groups in total. The first-order valence-corrected chi connectivity index (χ1v) is 9.80. The fraction of sp³-hybridized carbons (Fsp3) is 0.200. The van der Waals surface area contributed by atoms with Crippen molar-refractivity contribution in [3.8, 4) is 0 Å². The van der Waals surface area contributed by atoms with Crippen LogP contribution >= 0.6 is 0 Å². The molecule has 0 heterocycles. The van der Waals surface area contributed by atoms with Gasteiger partial charge in [-0.25, -0.2) is 0 Å². The van der Waals surface area contributed by atoms with Gasteiger partial charge in [0.1, 0.15) is 0 Å². The average molecular weight is 386 g/mol. The summed E-state index contributed by atoms with van der Waals surface area (Å²) in [6.07, 6.45) is 0. The summed E-state index contributed by atoms with van der Waals surface area (Å²) in [6, 6.07) is 22.7. The van der Waals surface area contributed by atoms with Crippen LogP contribution < -0.4 is 5.32 Å². The Kier molecular flexibility index (Phi) is 6.45. The second-order valence-corrected chi connectivity index (χ2v) is 7.16. The number of hydrogen-bond acceptors (Lipinski definition) is 2. The van der Waals surface area contributed by atoms with E-state index in [0.717, 1.165) is 22.4 Å². The molecule has 2 amide bonds. The highest BCUT2D eigenvalue weighted by molar-refractivity contribution is 6.06. The Morgan fingerprint density at radius 2 is 1.59 bits per heavy atom. The maximum atomic E-state index is 13.0. The predicted octanol–water partition coefficient (Wildman–Crippen LogP) is 5.22. The first kappa shape index (κ1) is 20.3. The van der Waals surface area contributed by atoms with Crippen LogP contribution in [0.2, 0.25) is 0 Å². The molecule has 0 bridgehead atoms. The zero-order chi connectivity index (χ0) is 20.8. The third-order valence-electron chi connectivity index (χ3n) is 4.89. The van der Waals surface area contributed by atoms with E-state index in [4.69, 9.17) is 0 Å². The van der Waals surface area contributed by atoms with Crippen LogP contribution in [0.1, 0.15) is 44.3 Å². The normalized spacial score (nSPS) is 10.4. The molecule has 3 rings (SSSR count). The lowest BCUT2D eigenvalue weighted by Gasteiger charge is -2.21. The van der Waals surface area contributed by atoms with Gasteiger partial charge in [-0.1, -0.05) is 54.1 Å². The predicted molar refractivity (Wildman–Crippen MR) is 117 cm³/mol. The molecule has 0 saturated carbocycles. The number of carbonyl (C=O) groups excluding carboxylic acids is 2. The quantitative estimate of drug-likeness (QED) is 0.631. The van der Waals surface area contributed by atoms with Crippen LogP contribution in [0.15, 0.2) is 72.8 Å². The van der Waals surface area contributed by atoms with Crippen LogP contribution in [0.4, 0.5) is 5.69 Å². The molecule has 3 aromatic rings. The molecule has 0 fully saturated rings. The summed E-state index contributed by atoms with van der Waals surface area (Å²) in [5.74, 6) is -0.310. The number of rotatable bonds is 6. The largest absolute Gasteiger partial charge is 0.335 e. The summed E-state index contributed by atoms with van der Waals surface area (Å²) < 4.78 is 0. The fourth-order valence-corrected chi connectivity index (χ4v) is 3.26. The zero-order valence-electron chi connectivity index (χ0n) is 17.1. The van der Waals surface area contributed by atoms with E-state index in [0.29, 0.717) is 24.2 Å². The van der Waals surface area contributed by atoms with E-state index in [1.165, 1.54) is 0 Å². The van der Waals surface area contributed by atoms with Gasteiger partial charge in [-0.2, -0.15) is 0 Å². The lowest BCUT2D eigenvalue weighted by atomic mass is 10.1. The van der Waals surface area contributed by atoms with Gasteiger partial charge in [-0.15, -0.1) is 0 Å². The third-order valence-corrected chi connectivity index (χ3v) is 4.89. The van der Waals surface area contributed by atoms with Crippen molar-refractivity contribution in [1.29, 1.82) is 0 Å². The number of benzene rings is 3. The first-order valence-electron chi connectivity index (χ1n) is 9.80. The molecule has 148 valence electrons. The minimum Gasteiger partial charge on any atom is -0.335 e. The standard InChI is InChI=1S/C25H26N2O2/c1-4-27(17-20-9-6-5-7-10-20)25(29)22-12-8-11-21(16-22)24(28)26-23-14-13-18(2)15-19(23)3/h5-16H,4,17H2,1-3H3,(H,26,28). The van der Waals surface area contributed by atoms with Crippen LogP contribution in [0.3, 0.4) is 0 Å². The molecule has 0 saturated heterocycles. The number of hydrogen-bond donors (Lipinski definition) is 1. The van der Waals surface area contributed by atoms with E-state index < -0.39 is 0 Å². The van der Waals surface area contributed by atoms with E-state index in [1.54, 1.807) is 29.2 Å². The highest BCUT2D eigenvalue weighted by Crippen LogP contribution is 2.18. The molecule has 0 aliphatic rings. The van der Waals surface area contributed by atoms with E-state index >= 15 is 0 Å². The summed E-state index contributed by atoms with van der Waals surface area (Å²) in [7, 11) is 0. The summed E-state index contributed by atoms with van der Waals surface area (Å²) in [6.45, 7) is 7.06. The Labute approximate surface area is 172 Å². The minimum absolute atomic E-state index is 0.0856. The van der Waals surface area contributed by atoms with Crippen molar-refractivity contribution >= 4 is 17.5 Å². The summed E-state index contributed by atoms with van der Waals surface area (Å²) >= 11 is 0. The Balaban J connectivity index is 1.77. The van der Waals surface area contributed by atoms with Gasteiger partial charge in [-0.3, -0.25) is 9.59 Å². The maximum Gasteiger partial charge on any atom is 0.255 e. The molecule has 0 unspecified atom stereocenters. The SMILES string of the molecule is CCN(Cc1ccccc1)C(=O)c1cccc(C(=O)Nc2ccc(C)cc2C)c1. The first-order chi connectivity index (χ1) is 14.0. The number of nitrogens with one attached hydrogen (secondary N) is 1. The highest BCUT2D eigenvalue weighted by atomic mass is 16.2. The lowest BCUT2D eigenvalue weighted by Crippen LogP contribution is -2.30. The maximum absolute atomic E-state index is 13.0. The second-order valence-electron chi connectivity index (χ2n) is 7.16. The van der Waals surface area contributed by atoms with Gasteiger partial charge in [0.2, 0.25) is 0 Å². The van der Waals surface area contributed by atoms with Crippen LogP contribution in [0.5, 0.6) is 0 Å². The molecule has 0 spiro atoms. The van der Waals surface area contributed by atoms with Gasteiger partial charge in [-0.05, 0) is 56.2 Å². The van der Waals surface area contributed by atoms with Gasteiger partial charge in [0, 0.05) is 29.9 Å². The van der Waals surface area contributed by atoms with Gasteiger partial charge in [0.05, 0.1) is 0 Å². The number of anilines is 1. The topological polar surface area (TPSA) is 49.4 Å². The van der Waals surface area contributed by atoms with Crippen molar-refractivity contribution in [3.63, 3.8) is 0 Å². The smallest absolute Gasteiger partial charge is 0.255 e. The van der Waals surface area contributed by atoms with Crippen LogP contribution in [0.25, 0.3) is 0 Å². The number of amides is 2. The van der Waals surface area contributed by atoms with Crippen LogP contribution in [0, 0.1) is 13.8 Å². The molecule has 0 radical (unpaired) electrons. The molecule has 4 heteroatoms. The molecule has 0 aliphatic heterocycles. The fourth-order valence-electron chi connectivity index (χ4n) is 3.26. The number of aryl methyl sites for hydroxylation is 2. The third kappa shape index (κ3) is 5.11. The second kappa shape index (κ2) is 9.20. The average Bonchev–Trinajstić information content (AvgIpc) is 2.74. The van der Waals surface area contributed by atoms with E-state index in [2.05, 4.69) is 5.32 Å². The minimum atomic E-state index is -0.224. The van der Waals surface area contributed by atoms with Crippen LogP contribution in [-0.2, 0) is 6.54 Å². The molecule has 29 heavy (non-hydrogen) atoms. The van der Waals surface area contributed by atoms with Crippen molar-refractivity contribution in [3.05, 3.63) is 101 Å². The van der Waals surface area contributed by atoms with Crippen LogP contribution in [-0.4, -0.2) is 23.3 Å². The molecule has 4 nitrogen and oxygen atoms in total. The van der Waals surface area contributed by atoms with Crippen molar-refractivity contribution in [2.24, 2.45) is 0 Å². The zero-order valence-corrected chi connectivity index (χ0v) is 17.1. The van der Waals surface area contributed by atoms with Crippen molar-refractivity contribution in [2.45, 2.75) is 27.3 Å². The van der Waals surface area contributed by atoms with E-state index in [-0.39, 0.29) is 11.8 Å². The van der Waals surface area contributed by atoms with Crippen molar-refractivity contribution < 1.29 is 9.59 Å². The Hall–Kier alpha value is -3.40. The Bertz CT molecular complexity index is 1010. The van der Waals surface area contributed by atoms with Gasteiger partial charge in [0.25, 0.3) is 11.8 Å².